The number of hydrogen-bond donors (Lipinski definition) is 3. The highest BCUT2D eigenvalue weighted by Crippen LogP contribution is 2.40. The molecular weight excluding hydrogens is 538 g/mol. The molecular formula is C31H41N5O4S. The van der Waals surface area contributed by atoms with Crippen molar-refractivity contribution in [3.63, 3.8) is 0 Å². The van der Waals surface area contributed by atoms with Crippen molar-refractivity contribution in [3.8, 4) is 11.3 Å². The fourth-order valence-electron chi connectivity index (χ4n) is 6.24. The van der Waals surface area contributed by atoms with Crippen LogP contribution in [0, 0.1) is 0 Å². The number of hydrogen-bond acceptors (Lipinski definition) is 7. The molecule has 1 saturated heterocycles. The lowest BCUT2D eigenvalue weighted by atomic mass is 9.79. The minimum absolute atomic E-state index is 0.00178. The van der Waals surface area contributed by atoms with E-state index in [1.54, 1.807) is 6.33 Å². The number of nitrogens with one attached hydrogen (secondary N) is 2. The molecule has 2 aromatic carbocycles. The van der Waals surface area contributed by atoms with E-state index in [1.807, 2.05) is 58.0 Å². The Balaban J connectivity index is 1.47. The molecule has 3 aromatic rings. The van der Waals surface area contributed by atoms with Gasteiger partial charge in [-0.3, -0.25) is 4.79 Å². The quantitative estimate of drug-likeness (QED) is 0.316. The van der Waals surface area contributed by atoms with E-state index in [1.165, 1.54) is 11.8 Å². The van der Waals surface area contributed by atoms with Crippen LogP contribution < -0.4 is 10.6 Å². The summed E-state index contributed by atoms with van der Waals surface area (Å²) in [4.78, 5) is 20.9. The van der Waals surface area contributed by atoms with Gasteiger partial charge in [0.2, 0.25) is 0 Å². The molecule has 2 aliphatic rings. The molecule has 1 amide bonds. The van der Waals surface area contributed by atoms with Gasteiger partial charge in [0.05, 0.1) is 29.4 Å². The van der Waals surface area contributed by atoms with E-state index in [2.05, 4.69) is 22.8 Å². The maximum atomic E-state index is 14.2. The molecule has 9 nitrogen and oxygen atoms in total. The predicted molar refractivity (Wildman–Crippen MR) is 161 cm³/mol. The van der Waals surface area contributed by atoms with Crippen LogP contribution in [0.5, 0.6) is 0 Å². The zero-order valence-electron chi connectivity index (χ0n) is 23.7. The molecule has 2 heterocycles. The van der Waals surface area contributed by atoms with Crippen LogP contribution in [0.1, 0.15) is 47.8 Å². The SMILES string of the molecule is CS(=O)(=O)CCNC[C@]1(O)CCCC[C@H]1n1cnc(C(=O)N2CCNC[C@H]2Cc2ccccc2)c1-c1ccccc1. The van der Waals surface area contributed by atoms with E-state index < -0.39 is 15.4 Å². The summed E-state index contributed by atoms with van der Waals surface area (Å²) < 4.78 is 25.2. The van der Waals surface area contributed by atoms with Crippen LogP contribution in [0.4, 0.5) is 0 Å². The van der Waals surface area contributed by atoms with E-state index in [-0.39, 0.29) is 36.8 Å². The second-order valence-electron chi connectivity index (χ2n) is 11.4. The molecule has 0 bridgehead atoms. The largest absolute Gasteiger partial charge is 0.386 e. The Morgan fingerprint density at radius 3 is 2.59 bits per heavy atom. The highest BCUT2D eigenvalue weighted by Gasteiger charge is 2.42. The summed E-state index contributed by atoms with van der Waals surface area (Å²) in [6, 6.07) is 19.7. The minimum Gasteiger partial charge on any atom is -0.386 e. The summed E-state index contributed by atoms with van der Waals surface area (Å²) in [6.07, 6.45) is 6.82. The number of aliphatic hydroxyl groups is 1. The molecule has 0 radical (unpaired) electrons. The summed E-state index contributed by atoms with van der Waals surface area (Å²) in [5, 5.41) is 18.5. The molecule has 220 valence electrons. The standard InChI is InChI=1S/C31H41N5O4S/c1-41(39,40)19-17-33-22-31(38)15-9-8-14-27(31)36-23-34-28(29(36)25-12-6-3-7-13-25)30(37)35-18-16-32-21-26(35)20-24-10-4-2-5-11-24/h2-7,10-13,23,26-27,32-33,38H,8-9,14-22H2,1H3/t26-,27-,31-/m1/s1. The second-order valence-corrected chi connectivity index (χ2v) is 13.7. The predicted octanol–water partition coefficient (Wildman–Crippen LogP) is 2.69. The highest BCUT2D eigenvalue weighted by atomic mass is 32.2. The number of carbonyl (C=O) groups excluding carboxylic acids is 1. The van der Waals surface area contributed by atoms with Crippen LogP contribution in [-0.2, 0) is 16.3 Å². The lowest BCUT2D eigenvalue weighted by Crippen LogP contribution is -2.54. The minimum atomic E-state index is -3.10. The first-order valence-electron chi connectivity index (χ1n) is 14.5. The molecule has 3 atom stereocenters. The third-order valence-electron chi connectivity index (χ3n) is 8.34. The fraction of sp³-hybridized carbons (Fsp3) is 0.484. The number of amides is 1. The van der Waals surface area contributed by atoms with Gasteiger partial charge in [-0.25, -0.2) is 13.4 Å². The first-order valence-corrected chi connectivity index (χ1v) is 16.6. The Kier molecular flexibility index (Phi) is 9.23. The summed E-state index contributed by atoms with van der Waals surface area (Å²) in [7, 11) is -3.10. The first-order chi connectivity index (χ1) is 19.8. The number of aromatic nitrogens is 2. The lowest BCUT2D eigenvalue weighted by Gasteiger charge is -2.41. The van der Waals surface area contributed by atoms with Crippen LogP contribution in [0.15, 0.2) is 67.0 Å². The number of sulfone groups is 1. The third kappa shape index (κ3) is 7.06. The average molecular weight is 580 g/mol. The van der Waals surface area contributed by atoms with E-state index in [4.69, 9.17) is 4.98 Å². The zero-order valence-corrected chi connectivity index (χ0v) is 24.5. The van der Waals surface area contributed by atoms with Crippen molar-refractivity contribution in [1.29, 1.82) is 0 Å². The van der Waals surface area contributed by atoms with Gasteiger partial charge in [0, 0.05) is 50.6 Å². The van der Waals surface area contributed by atoms with E-state index >= 15 is 0 Å². The average Bonchev–Trinajstić information content (AvgIpc) is 3.41. The van der Waals surface area contributed by atoms with Crippen LogP contribution in [-0.4, -0.2) is 90.3 Å². The van der Waals surface area contributed by atoms with Crippen molar-refractivity contribution >= 4 is 15.7 Å². The molecule has 2 fully saturated rings. The van der Waals surface area contributed by atoms with E-state index in [9.17, 15) is 18.3 Å². The van der Waals surface area contributed by atoms with Gasteiger partial charge in [0.1, 0.15) is 9.84 Å². The number of imidazole rings is 1. The molecule has 41 heavy (non-hydrogen) atoms. The van der Waals surface area contributed by atoms with Crippen molar-refractivity contribution < 1.29 is 18.3 Å². The first kappa shape index (κ1) is 29.4. The molecule has 0 spiro atoms. The lowest BCUT2D eigenvalue weighted by molar-refractivity contribution is -0.0390. The van der Waals surface area contributed by atoms with Gasteiger partial charge in [-0.2, -0.15) is 0 Å². The van der Waals surface area contributed by atoms with Crippen LogP contribution in [0.3, 0.4) is 0 Å². The van der Waals surface area contributed by atoms with Crippen LogP contribution in [0.25, 0.3) is 11.3 Å². The Morgan fingerprint density at radius 1 is 1.12 bits per heavy atom. The Labute approximate surface area is 242 Å². The maximum Gasteiger partial charge on any atom is 0.275 e. The number of nitrogens with zero attached hydrogens (tertiary/aromatic N) is 3. The van der Waals surface area contributed by atoms with Gasteiger partial charge < -0.3 is 25.2 Å². The molecule has 0 unspecified atom stereocenters. The number of piperazine rings is 1. The molecule has 5 rings (SSSR count). The van der Waals surface area contributed by atoms with Gasteiger partial charge in [0.25, 0.3) is 5.91 Å². The van der Waals surface area contributed by atoms with Crippen molar-refractivity contribution in [1.82, 2.24) is 25.1 Å². The topological polar surface area (TPSA) is 117 Å². The maximum absolute atomic E-state index is 14.2. The molecule has 1 saturated carbocycles. The Morgan fingerprint density at radius 2 is 1.85 bits per heavy atom. The van der Waals surface area contributed by atoms with Gasteiger partial charge in [-0.1, -0.05) is 73.5 Å². The Bertz CT molecular complexity index is 1410. The van der Waals surface area contributed by atoms with Crippen molar-refractivity contribution in [2.75, 3.05) is 44.7 Å². The van der Waals surface area contributed by atoms with Gasteiger partial charge >= 0.3 is 0 Å². The van der Waals surface area contributed by atoms with Gasteiger partial charge in [-0.15, -0.1) is 0 Å². The van der Waals surface area contributed by atoms with Gasteiger partial charge in [0.15, 0.2) is 5.69 Å². The third-order valence-corrected chi connectivity index (χ3v) is 9.29. The molecule has 1 aromatic heterocycles. The van der Waals surface area contributed by atoms with Gasteiger partial charge in [-0.05, 0) is 24.8 Å². The summed E-state index contributed by atoms with van der Waals surface area (Å²) in [5.41, 5.74) is 2.07. The van der Waals surface area contributed by atoms with Crippen molar-refractivity contribution in [3.05, 3.63) is 78.2 Å². The van der Waals surface area contributed by atoms with Crippen molar-refractivity contribution in [2.45, 2.75) is 49.8 Å². The summed E-state index contributed by atoms with van der Waals surface area (Å²) in [5.74, 6) is -0.0858. The highest BCUT2D eigenvalue weighted by molar-refractivity contribution is 7.90. The molecule has 10 heteroatoms. The second kappa shape index (κ2) is 12.9. The zero-order chi connectivity index (χ0) is 28.9. The number of rotatable bonds is 10. The normalized spacial score (nSPS) is 23.4. The fourth-order valence-corrected chi connectivity index (χ4v) is 6.75. The molecule has 1 aliphatic heterocycles. The number of carbonyl (C=O) groups is 1. The number of benzene rings is 2. The summed E-state index contributed by atoms with van der Waals surface area (Å²) in [6.45, 7) is 2.57. The van der Waals surface area contributed by atoms with E-state index in [0.717, 1.165) is 37.8 Å². The van der Waals surface area contributed by atoms with Crippen molar-refractivity contribution in [2.24, 2.45) is 0 Å². The Hall–Kier alpha value is -3.05. The molecule has 3 N–H and O–H groups in total. The summed E-state index contributed by atoms with van der Waals surface area (Å²) >= 11 is 0. The van der Waals surface area contributed by atoms with Crippen LogP contribution in [0.2, 0.25) is 0 Å². The molecule has 1 aliphatic carbocycles. The van der Waals surface area contributed by atoms with E-state index in [0.29, 0.717) is 30.9 Å². The monoisotopic (exact) mass is 579 g/mol. The smallest absolute Gasteiger partial charge is 0.275 e. The van der Waals surface area contributed by atoms with Crippen LogP contribution >= 0.6 is 0 Å².